The molecule has 1 heterocycles. The lowest BCUT2D eigenvalue weighted by molar-refractivity contribution is 0.172. The van der Waals surface area contributed by atoms with Crippen LogP contribution in [0.15, 0.2) is 42.5 Å². The van der Waals surface area contributed by atoms with Crippen molar-refractivity contribution in [2.45, 2.75) is 25.9 Å². The van der Waals surface area contributed by atoms with Gasteiger partial charge in [-0.15, -0.1) is 0 Å². The standard InChI is InChI=1S/C21H28N4O4S/c1-14(2)21-18-8-7-17(12-19(18)23-24-21)29-10-9-22-13-20(26)15-5-4-6-16(11-15)25-30(3,27)28/h4-8,11-12,14,20,22,25-26H,9-10,13H2,1-3H3,(H,23,24)/t20-/m0/s1. The Balaban J connectivity index is 1.46. The van der Waals surface area contributed by atoms with Crippen LogP contribution in [0, 0.1) is 0 Å². The van der Waals surface area contributed by atoms with Gasteiger partial charge in [0.05, 0.1) is 23.6 Å². The maximum absolute atomic E-state index is 11.3. The molecule has 4 N–H and O–H groups in total. The Hall–Kier alpha value is -2.62. The zero-order valence-electron chi connectivity index (χ0n) is 17.3. The fraction of sp³-hybridized carbons (Fsp3) is 0.381. The topological polar surface area (TPSA) is 116 Å². The van der Waals surface area contributed by atoms with Crippen molar-refractivity contribution < 1.29 is 18.3 Å². The Morgan fingerprint density at radius 3 is 2.73 bits per heavy atom. The summed E-state index contributed by atoms with van der Waals surface area (Å²) >= 11 is 0. The molecule has 1 aromatic heterocycles. The second kappa shape index (κ2) is 9.46. The number of aromatic nitrogens is 2. The molecule has 0 spiro atoms. The Bertz CT molecular complexity index is 1100. The van der Waals surface area contributed by atoms with E-state index in [2.05, 4.69) is 34.1 Å². The molecule has 0 saturated heterocycles. The fourth-order valence-electron chi connectivity index (χ4n) is 3.17. The van der Waals surface area contributed by atoms with Gasteiger partial charge >= 0.3 is 0 Å². The number of rotatable bonds is 10. The number of hydrogen-bond donors (Lipinski definition) is 4. The molecule has 0 amide bonds. The smallest absolute Gasteiger partial charge is 0.229 e. The number of hydrogen-bond acceptors (Lipinski definition) is 6. The van der Waals surface area contributed by atoms with E-state index in [1.165, 1.54) is 0 Å². The molecular weight excluding hydrogens is 404 g/mol. The number of aliphatic hydroxyl groups is 1. The number of nitrogens with one attached hydrogen (secondary N) is 3. The first-order valence-corrected chi connectivity index (χ1v) is 11.7. The van der Waals surface area contributed by atoms with Crippen LogP contribution in [-0.2, 0) is 10.0 Å². The normalized spacial score (nSPS) is 13.0. The number of fused-ring (bicyclic) bond motifs is 1. The van der Waals surface area contributed by atoms with Crippen LogP contribution in [-0.4, -0.2) is 49.7 Å². The van der Waals surface area contributed by atoms with Crippen LogP contribution in [0.1, 0.15) is 37.1 Å². The van der Waals surface area contributed by atoms with Crippen LogP contribution in [0.5, 0.6) is 5.75 Å². The monoisotopic (exact) mass is 432 g/mol. The zero-order valence-corrected chi connectivity index (χ0v) is 18.2. The zero-order chi connectivity index (χ0) is 21.7. The minimum Gasteiger partial charge on any atom is -0.492 e. The highest BCUT2D eigenvalue weighted by Crippen LogP contribution is 2.26. The SMILES string of the molecule is CC(C)c1n[nH]c2cc(OCCNC[C@H](O)c3cccc(NS(C)(=O)=O)c3)ccc12. The molecule has 8 nitrogen and oxygen atoms in total. The molecule has 0 aliphatic heterocycles. The predicted molar refractivity (Wildman–Crippen MR) is 118 cm³/mol. The number of benzene rings is 2. The lowest BCUT2D eigenvalue weighted by Gasteiger charge is -2.14. The summed E-state index contributed by atoms with van der Waals surface area (Å²) in [6.45, 7) is 5.54. The molecule has 3 aromatic rings. The van der Waals surface area contributed by atoms with Gasteiger partial charge < -0.3 is 15.2 Å². The first kappa shape index (κ1) is 22.1. The van der Waals surface area contributed by atoms with Crippen molar-refractivity contribution in [2.75, 3.05) is 30.7 Å². The Morgan fingerprint density at radius 1 is 1.20 bits per heavy atom. The van der Waals surface area contributed by atoms with E-state index in [1.54, 1.807) is 24.3 Å². The molecule has 0 unspecified atom stereocenters. The number of aromatic amines is 1. The average molecular weight is 433 g/mol. The van der Waals surface area contributed by atoms with Crippen LogP contribution < -0.4 is 14.8 Å². The number of nitrogens with zero attached hydrogens (tertiary/aromatic N) is 1. The molecule has 2 aromatic carbocycles. The van der Waals surface area contributed by atoms with E-state index in [9.17, 15) is 13.5 Å². The molecule has 0 aliphatic carbocycles. The van der Waals surface area contributed by atoms with Crippen molar-refractivity contribution in [3.63, 3.8) is 0 Å². The molecule has 0 aliphatic rings. The molecule has 0 radical (unpaired) electrons. The highest BCUT2D eigenvalue weighted by molar-refractivity contribution is 7.92. The van der Waals surface area contributed by atoms with Gasteiger partial charge in [0.25, 0.3) is 0 Å². The summed E-state index contributed by atoms with van der Waals surface area (Å²) in [5, 5.41) is 22.0. The second-order valence-electron chi connectivity index (χ2n) is 7.54. The van der Waals surface area contributed by atoms with Crippen molar-refractivity contribution >= 4 is 26.6 Å². The van der Waals surface area contributed by atoms with E-state index >= 15 is 0 Å². The predicted octanol–water partition coefficient (Wildman–Crippen LogP) is 2.76. The number of anilines is 1. The third-order valence-electron chi connectivity index (χ3n) is 4.57. The Kier molecular flexibility index (Phi) is 6.96. The molecule has 3 rings (SSSR count). The van der Waals surface area contributed by atoms with E-state index in [-0.39, 0.29) is 0 Å². The highest BCUT2D eigenvalue weighted by atomic mass is 32.2. The first-order valence-electron chi connectivity index (χ1n) is 9.80. The number of sulfonamides is 1. The summed E-state index contributed by atoms with van der Waals surface area (Å²) in [5.74, 6) is 1.10. The molecule has 162 valence electrons. The summed E-state index contributed by atoms with van der Waals surface area (Å²) in [5.41, 5.74) is 3.04. The molecule has 0 saturated carbocycles. The van der Waals surface area contributed by atoms with E-state index in [0.717, 1.165) is 28.6 Å². The van der Waals surface area contributed by atoms with E-state index in [0.29, 0.717) is 36.9 Å². The van der Waals surface area contributed by atoms with Crippen molar-refractivity contribution in [1.29, 1.82) is 0 Å². The molecule has 30 heavy (non-hydrogen) atoms. The third-order valence-corrected chi connectivity index (χ3v) is 5.18. The lowest BCUT2D eigenvalue weighted by Crippen LogP contribution is -2.26. The van der Waals surface area contributed by atoms with Crippen molar-refractivity contribution in [1.82, 2.24) is 15.5 Å². The second-order valence-corrected chi connectivity index (χ2v) is 9.29. The minimum absolute atomic E-state index is 0.322. The van der Waals surface area contributed by atoms with Crippen molar-refractivity contribution in [3.05, 3.63) is 53.7 Å². The van der Waals surface area contributed by atoms with Gasteiger partial charge in [0.2, 0.25) is 10.0 Å². The summed E-state index contributed by atoms with van der Waals surface area (Å²) in [6.07, 6.45) is 0.326. The minimum atomic E-state index is -3.36. The molecule has 9 heteroatoms. The Labute approximate surface area is 176 Å². The highest BCUT2D eigenvalue weighted by Gasteiger charge is 2.11. The molecule has 0 fully saturated rings. The lowest BCUT2D eigenvalue weighted by atomic mass is 10.1. The maximum atomic E-state index is 11.3. The Morgan fingerprint density at radius 2 is 2.00 bits per heavy atom. The van der Waals surface area contributed by atoms with Crippen LogP contribution in [0.4, 0.5) is 5.69 Å². The molecule has 1 atom stereocenters. The molecular formula is C21H28N4O4S. The van der Waals surface area contributed by atoms with Gasteiger partial charge in [-0.1, -0.05) is 26.0 Å². The summed E-state index contributed by atoms with van der Waals surface area (Å²) in [4.78, 5) is 0. The van der Waals surface area contributed by atoms with Gasteiger partial charge in [-0.2, -0.15) is 5.10 Å². The third kappa shape index (κ3) is 5.94. The fourth-order valence-corrected chi connectivity index (χ4v) is 3.73. The van der Waals surface area contributed by atoms with Crippen molar-refractivity contribution in [3.8, 4) is 5.75 Å². The van der Waals surface area contributed by atoms with Gasteiger partial charge in [-0.25, -0.2) is 8.42 Å². The van der Waals surface area contributed by atoms with Crippen LogP contribution in [0.25, 0.3) is 10.9 Å². The van der Waals surface area contributed by atoms with E-state index in [4.69, 9.17) is 4.74 Å². The van der Waals surface area contributed by atoms with Crippen LogP contribution in [0.2, 0.25) is 0 Å². The largest absolute Gasteiger partial charge is 0.492 e. The van der Waals surface area contributed by atoms with Gasteiger partial charge in [-0.3, -0.25) is 9.82 Å². The molecule has 0 bridgehead atoms. The van der Waals surface area contributed by atoms with Gasteiger partial charge in [0.1, 0.15) is 12.4 Å². The van der Waals surface area contributed by atoms with E-state index < -0.39 is 16.1 Å². The van der Waals surface area contributed by atoms with Gasteiger partial charge in [0, 0.05) is 30.2 Å². The quantitative estimate of drug-likeness (QED) is 0.366. The summed E-state index contributed by atoms with van der Waals surface area (Å²) in [6, 6.07) is 12.6. The number of ether oxygens (including phenoxy) is 1. The van der Waals surface area contributed by atoms with Crippen LogP contribution >= 0.6 is 0 Å². The van der Waals surface area contributed by atoms with Gasteiger partial charge in [-0.05, 0) is 35.7 Å². The first-order chi connectivity index (χ1) is 14.2. The summed E-state index contributed by atoms with van der Waals surface area (Å²) < 4.78 is 30.9. The summed E-state index contributed by atoms with van der Waals surface area (Å²) in [7, 11) is -3.36. The average Bonchev–Trinajstić information content (AvgIpc) is 3.10. The maximum Gasteiger partial charge on any atom is 0.229 e. The van der Waals surface area contributed by atoms with Gasteiger partial charge in [0.15, 0.2) is 0 Å². The van der Waals surface area contributed by atoms with Crippen molar-refractivity contribution in [2.24, 2.45) is 0 Å². The van der Waals surface area contributed by atoms with Crippen LogP contribution in [0.3, 0.4) is 0 Å². The number of H-pyrrole nitrogens is 1. The van der Waals surface area contributed by atoms with E-state index in [1.807, 2.05) is 18.2 Å². The number of aliphatic hydroxyl groups excluding tert-OH is 1.